The Morgan fingerprint density at radius 2 is 1.80 bits per heavy atom. The molecule has 10 nitrogen and oxygen atoms in total. The van der Waals surface area contributed by atoms with Crippen LogP contribution in [0.3, 0.4) is 0 Å². The van der Waals surface area contributed by atoms with E-state index in [1.807, 2.05) is 18.2 Å². The minimum absolute atomic E-state index is 0.191. The van der Waals surface area contributed by atoms with Crippen molar-refractivity contribution in [2.24, 2.45) is 0 Å². The number of rotatable bonds is 16. The molecule has 3 heterocycles. The number of aromatic nitrogens is 2. The molecule has 0 saturated carbocycles. The molecule has 1 saturated heterocycles. The maximum atomic E-state index is 12.3. The molecule has 45 heavy (non-hydrogen) atoms. The average molecular weight is 685 g/mol. The minimum Gasteiger partial charge on any atom is -0.454 e. The molecule has 0 radical (unpaired) electrons. The Morgan fingerprint density at radius 1 is 1.09 bits per heavy atom. The summed E-state index contributed by atoms with van der Waals surface area (Å²) in [4.78, 5) is 25.4. The van der Waals surface area contributed by atoms with E-state index in [4.69, 9.17) is 14.2 Å². The number of benzene rings is 1. The summed E-state index contributed by atoms with van der Waals surface area (Å²) in [5.74, 6) is 3.31. The van der Waals surface area contributed by atoms with Crippen molar-refractivity contribution in [2.75, 3.05) is 24.9 Å². The van der Waals surface area contributed by atoms with Crippen molar-refractivity contribution >= 4 is 30.6 Å². The first-order valence-electron chi connectivity index (χ1n) is 16.1. The van der Waals surface area contributed by atoms with Crippen molar-refractivity contribution in [3.8, 4) is 11.5 Å². The van der Waals surface area contributed by atoms with Crippen molar-refractivity contribution in [1.82, 2.24) is 9.55 Å². The van der Waals surface area contributed by atoms with Gasteiger partial charge in [0.15, 0.2) is 17.7 Å². The van der Waals surface area contributed by atoms with Gasteiger partial charge >= 0.3 is 5.69 Å². The lowest BCUT2D eigenvalue weighted by molar-refractivity contribution is -0.0457. The van der Waals surface area contributed by atoms with Crippen molar-refractivity contribution in [3.05, 3.63) is 56.9 Å². The summed E-state index contributed by atoms with van der Waals surface area (Å²) in [6, 6.07) is 8.33. The monoisotopic (exact) mass is 684 g/mol. The van der Waals surface area contributed by atoms with Gasteiger partial charge in [-0.2, -0.15) is 11.8 Å². The van der Waals surface area contributed by atoms with E-state index in [0.717, 1.165) is 41.9 Å². The second kappa shape index (κ2) is 18.4. The van der Waals surface area contributed by atoms with Crippen LogP contribution in [-0.4, -0.2) is 79.7 Å². The number of nitrogens with zero attached hydrogens (tertiary/aromatic N) is 1. The fourth-order valence-corrected chi connectivity index (χ4v) is 10.3. The second-order valence-electron chi connectivity index (χ2n) is 13.0. The highest BCUT2D eigenvalue weighted by Crippen LogP contribution is 2.38. The first-order valence-corrected chi connectivity index (χ1v) is 22.2. The zero-order valence-electron chi connectivity index (χ0n) is 27.4. The zero-order valence-corrected chi connectivity index (χ0v) is 30.0. The molecule has 0 aliphatic carbocycles. The molecule has 2 aliphatic heterocycles. The standard InChI is InChI=1S/C18H28O3S.C14H24N2O5SSi/c1-3-4-5-6-7-8-11-22(19)15(2)12-16-9-10-17-18(13-16)21-14-20-17;1-23(2,3)7-6-22-12-11(19)9(8-17)21-13(12)16-5-4-10(18)15-14(16)20/h9-10,13,15H,3-8,11-12,14H2,1-2H3;4-5,9,11-13,17,19H,6-8H2,1-3H3,(H,15,18,20)/t;9-,11-,12?,13-/m.1/s1. The summed E-state index contributed by atoms with van der Waals surface area (Å²) in [5, 5.41) is 19.6. The maximum absolute atomic E-state index is 12.3. The third-order valence-electron chi connectivity index (χ3n) is 7.89. The molecule has 1 fully saturated rings. The van der Waals surface area contributed by atoms with Crippen LogP contribution in [0.4, 0.5) is 0 Å². The molecule has 6 atom stereocenters. The molecule has 0 spiro atoms. The topological polar surface area (TPSA) is 140 Å². The van der Waals surface area contributed by atoms with E-state index in [1.54, 1.807) is 11.8 Å². The van der Waals surface area contributed by atoms with Crippen LogP contribution >= 0.6 is 11.8 Å². The van der Waals surface area contributed by atoms with E-state index < -0.39 is 48.6 Å². The molecule has 2 aromatic rings. The minimum atomic E-state index is -1.20. The van der Waals surface area contributed by atoms with Crippen LogP contribution in [0.1, 0.15) is 64.2 Å². The molecule has 13 heteroatoms. The van der Waals surface area contributed by atoms with Gasteiger partial charge in [-0.1, -0.05) is 71.7 Å². The van der Waals surface area contributed by atoms with Gasteiger partial charge in [-0.25, -0.2) is 4.79 Å². The molecule has 4 rings (SSSR count). The Labute approximate surface area is 274 Å². The van der Waals surface area contributed by atoms with Crippen molar-refractivity contribution in [3.63, 3.8) is 0 Å². The van der Waals surface area contributed by atoms with E-state index in [0.29, 0.717) is 6.79 Å². The SMILES string of the molecule is CCCCCCCCS(=O)C(C)Cc1ccc2c(c1)OCO2.C[Si](C)(C)CCSC1[C@H](n2ccc(=O)[nH]c2=O)O[C@H](CO)[C@H]1O. The third-order valence-corrected chi connectivity index (χ3v) is 13.1. The lowest BCUT2D eigenvalue weighted by Gasteiger charge is -2.23. The van der Waals surface area contributed by atoms with Gasteiger partial charge in [0.25, 0.3) is 5.56 Å². The van der Waals surface area contributed by atoms with Crippen LogP contribution in [0, 0.1) is 0 Å². The summed E-state index contributed by atoms with van der Waals surface area (Å²) in [7, 11) is -1.95. The molecule has 0 amide bonds. The maximum Gasteiger partial charge on any atom is 0.330 e. The molecule has 0 bridgehead atoms. The Morgan fingerprint density at radius 3 is 2.49 bits per heavy atom. The number of aromatic amines is 1. The zero-order chi connectivity index (χ0) is 33.0. The molecule has 2 aliphatic rings. The molecule has 254 valence electrons. The third kappa shape index (κ3) is 12.0. The number of aliphatic hydroxyl groups is 2. The Balaban J connectivity index is 0.000000246. The van der Waals surface area contributed by atoms with E-state index in [1.165, 1.54) is 54.5 Å². The fourth-order valence-electron chi connectivity index (χ4n) is 5.12. The van der Waals surface area contributed by atoms with Gasteiger partial charge < -0.3 is 24.4 Å². The quantitative estimate of drug-likeness (QED) is 0.170. The molecular formula is C32H52N2O8S2Si. The van der Waals surface area contributed by atoms with Gasteiger partial charge in [-0.05, 0) is 42.3 Å². The van der Waals surface area contributed by atoms with E-state index in [-0.39, 0.29) is 17.1 Å². The van der Waals surface area contributed by atoms with Gasteiger partial charge in [0, 0.05) is 42.1 Å². The number of thioether (sulfide) groups is 1. The smallest absolute Gasteiger partial charge is 0.330 e. The van der Waals surface area contributed by atoms with Crippen molar-refractivity contribution < 1.29 is 28.6 Å². The number of unbranched alkanes of at least 4 members (excludes halogenated alkanes) is 5. The van der Waals surface area contributed by atoms with Crippen LogP contribution in [0.5, 0.6) is 11.5 Å². The van der Waals surface area contributed by atoms with Gasteiger partial charge in [-0.15, -0.1) is 0 Å². The van der Waals surface area contributed by atoms with Gasteiger partial charge in [-0.3, -0.25) is 18.6 Å². The van der Waals surface area contributed by atoms with Crippen LogP contribution in [-0.2, 0) is 22.0 Å². The number of aliphatic hydroxyl groups excluding tert-OH is 2. The lowest BCUT2D eigenvalue weighted by Crippen LogP contribution is -2.36. The predicted molar refractivity (Wildman–Crippen MR) is 185 cm³/mol. The summed E-state index contributed by atoms with van der Waals surface area (Å²) in [5.41, 5.74) is 0.114. The molecular weight excluding hydrogens is 633 g/mol. The largest absolute Gasteiger partial charge is 0.454 e. The van der Waals surface area contributed by atoms with E-state index in [9.17, 15) is 24.0 Å². The van der Waals surface area contributed by atoms with Crippen LogP contribution in [0.15, 0.2) is 40.1 Å². The molecule has 3 unspecified atom stereocenters. The van der Waals surface area contributed by atoms with Crippen LogP contribution in [0.25, 0.3) is 0 Å². The fraction of sp³-hybridized carbons (Fsp3) is 0.688. The number of hydrogen-bond donors (Lipinski definition) is 3. The summed E-state index contributed by atoms with van der Waals surface area (Å²) in [6.07, 6.45) is 7.38. The number of ether oxygens (including phenoxy) is 3. The molecule has 3 N–H and O–H groups in total. The summed E-state index contributed by atoms with van der Waals surface area (Å²) < 4.78 is 30.0. The summed E-state index contributed by atoms with van der Waals surface area (Å²) >= 11 is 1.55. The normalized spacial score (nSPS) is 22.1. The number of fused-ring (bicyclic) bond motifs is 1. The highest BCUT2D eigenvalue weighted by molar-refractivity contribution is 8.00. The predicted octanol–water partition coefficient (Wildman–Crippen LogP) is 4.68. The van der Waals surface area contributed by atoms with E-state index in [2.05, 4.69) is 38.5 Å². The molecule has 1 aromatic heterocycles. The Bertz CT molecular complexity index is 1330. The number of nitrogens with one attached hydrogen (secondary N) is 1. The number of H-pyrrole nitrogens is 1. The summed E-state index contributed by atoms with van der Waals surface area (Å²) in [6.45, 7) is 11.1. The van der Waals surface area contributed by atoms with Crippen LogP contribution < -0.4 is 20.7 Å². The lowest BCUT2D eigenvalue weighted by atomic mass is 10.1. The van der Waals surface area contributed by atoms with Crippen molar-refractivity contribution in [2.45, 2.75) is 113 Å². The Kier molecular flexibility index (Phi) is 15.4. The van der Waals surface area contributed by atoms with Crippen molar-refractivity contribution in [1.29, 1.82) is 0 Å². The van der Waals surface area contributed by atoms with Crippen LogP contribution in [0.2, 0.25) is 25.7 Å². The van der Waals surface area contributed by atoms with Gasteiger partial charge in [0.1, 0.15) is 6.10 Å². The molecule has 1 aromatic carbocycles. The number of hydrogen-bond acceptors (Lipinski definition) is 9. The van der Waals surface area contributed by atoms with Gasteiger partial charge in [0.05, 0.1) is 18.0 Å². The first-order chi connectivity index (χ1) is 21.4. The van der Waals surface area contributed by atoms with E-state index >= 15 is 0 Å². The highest BCUT2D eigenvalue weighted by Gasteiger charge is 2.45. The average Bonchev–Trinajstić information content (AvgIpc) is 3.58. The second-order valence-corrected chi connectivity index (χ2v) is 21.8. The highest BCUT2D eigenvalue weighted by atomic mass is 32.2. The first kappa shape index (κ1) is 37.6. The van der Waals surface area contributed by atoms with Gasteiger partial charge in [0.2, 0.25) is 6.79 Å². The Hall–Kier alpha value is -1.90.